The van der Waals surface area contributed by atoms with Crippen LogP contribution in [0.25, 0.3) is 0 Å². The lowest BCUT2D eigenvalue weighted by molar-refractivity contribution is -0.111. The SMILES string of the molecule is C[C@@H](C=O)N(Nc1ccc(F)cc1Nc1cncc(Br)c1)C(=O)OC(C)(C)C. The molecule has 150 valence electrons. The number of benzene rings is 1. The van der Waals surface area contributed by atoms with Gasteiger partial charge in [-0.15, -0.1) is 0 Å². The number of carbonyl (C=O) groups is 2. The lowest BCUT2D eigenvalue weighted by Gasteiger charge is -2.30. The molecule has 0 bridgehead atoms. The average Bonchev–Trinajstić information content (AvgIpc) is 2.59. The van der Waals surface area contributed by atoms with E-state index in [0.29, 0.717) is 23.3 Å². The van der Waals surface area contributed by atoms with E-state index in [0.717, 1.165) is 9.48 Å². The fourth-order valence-electron chi connectivity index (χ4n) is 2.17. The lowest BCUT2D eigenvalue weighted by Crippen LogP contribution is -2.46. The Kier molecular flexibility index (Phi) is 6.95. The Hall–Kier alpha value is -2.68. The second kappa shape index (κ2) is 9.01. The van der Waals surface area contributed by atoms with Gasteiger partial charge in [-0.05, 0) is 67.9 Å². The normalized spacial score (nSPS) is 12.1. The van der Waals surface area contributed by atoms with E-state index in [1.807, 2.05) is 0 Å². The van der Waals surface area contributed by atoms with E-state index >= 15 is 0 Å². The van der Waals surface area contributed by atoms with Gasteiger partial charge in [0.15, 0.2) is 0 Å². The maximum absolute atomic E-state index is 13.8. The molecule has 1 aromatic heterocycles. The molecular formula is C19H22BrFN4O3. The summed E-state index contributed by atoms with van der Waals surface area (Å²) in [4.78, 5) is 27.9. The van der Waals surface area contributed by atoms with E-state index in [1.165, 1.54) is 18.2 Å². The van der Waals surface area contributed by atoms with Crippen LogP contribution in [0.2, 0.25) is 0 Å². The van der Waals surface area contributed by atoms with E-state index in [1.54, 1.807) is 46.2 Å². The summed E-state index contributed by atoms with van der Waals surface area (Å²) in [6.45, 7) is 6.71. The van der Waals surface area contributed by atoms with Crippen molar-refractivity contribution in [2.45, 2.75) is 39.3 Å². The van der Waals surface area contributed by atoms with Crippen LogP contribution in [0, 0.1) is 5.82 Å². The molecule has 0 aliphatic carbocycles. The molecular weight excluding hydrogens is 431 g/mol. The first-order valence-electron chi connectivity index (χ1n) is 8.50. The molecule has 0 radical (unpaired) electrons. The van der Waals surface area contributed by atoms with Gasteiger partial charge >= 0.3 is 6.09 Å². The van der Waals surface area contributed by atoms with Crippen LogP contribution < -0.4 is 10.7 Å². The number of hydrazine groups is 1. The van der Waals surface area contributed by atoms with Gasteiger partial charge in [0.05, 0.1) is 23.3 Å². The van der Waals surface area contributed by atoms with Gasteiger partial charge in [-0.1, -0.05) is 0 Å². The molecule has 2 aromatic rings. The molecule has 0 aliphatic rings. The number of aldehydes is 1. The Morgan fingerprint density at radius 2 is 2.00 bits per heavy atom. The Balaban J connectivity index is 2.33. The molecule has 0 unspecified atom stereocenters. The van der Waals surface area contributed by atoms with Crippen LogP contribution in [0.1, 0.15) is 27.7 Å². The first-order chi connectivity index (χ1) is 13.1. The third kappa shape index (κ3) is 6.19. The standard InChI is InChI=1S/C19H22BrFN4O3/c1-12(11-26)25(18(27)28-19(2,3)4)24-16-6-5-14(21)8-17(16)23-15-7-13(20)9-22-10-15/h5-12,23-24H,1-4H3/t12-/m0/s1. The number of hydrogen-bond acceptors (Lipinski definition) is 6. The zero-order chi connectivity index (χ0) is 20.9. The number of anilines is 3. The number of halogens is 2. The van der Waals surface area contributed by atoms with Gasteiger partial charge in [-0.3, -0.25) is 10.4 Å². The van der Waals surface area contributed by atoms with Crippen molar-refractivity contribution in [1.29, 1.82) is 0 Å². The fraction of sp³-hybridized carbons (Fsp3) is 0.316. The molecule has 1 amide bonds. The number of rotatable bonds is 6. The minimum absolute atomic E-state index is 0.353. The minimum atomic E-state index is -0.819. The molecule has 0 saturated carbocycles. The molecule has 2 N–H and O–H groups in total. The summed E-state index contributed by atoms with van der Waals surface area (Å²) < 4.78 is 19.9. The van der Waals surface area contributed by atoms with Crippen LogP contribution in [-0.4, -0.2) is 34.0 Å². The molecule has 0 spiro atoms. The summed E-state index contributed by atoms with van der Waals surface area (Å²) in [7, 11) is 0. The van der Waals surface area contributed by atoms with Gasteiger partial charge in [-0.2, -0.15) is 0 Å². The van der Waals surface area contributed by atoms with Crippen LogP contribution in [0.4, 0.5) is 26.2 Å². The molecule has 0 saturated heterocycles. The number of pyridine rings is 1. The van der Waals surface area contributed by atoms with Gasteiger partial charge in [0.25, 0.3) is 0 Å². The van der Waals surface area contributed by atoms with E-state index in [4.69, 9.17) is 4.74 Å². The highest BCUT2D eigenvalue weighted by molar-refractivity contribution is 9.10. The first kappa shape index (κ1) is 21.6. The van der Waals surface area contributed by atoms with Crippen molar-refractivity contribution in [3.63, 3.8) is 0 Å². The largest absolute Gasteiger partial charge is 0.442 e. The zero-order valence-corrected chi connectivity index (χ0v) is 17.6. The van der Waals surface area contributed by atoms with Crippen molar-refractivity contribution in [1.82, 2.24) is 9.99 Å². The molecule has 0 fully saturated rings. The molecule has 7 nitrogen and oxygen atoms in total. The number of nitrogens with zero attached hydrogens (tertiary/aromatic N) is 2. The lowest BCUT2D eigenvalue weighted by atomic mass is 10.2. The van der Waals surface area contributed by atoms with Crippen LogP contribution in [0.3, 0.4) is 0 Å². The number of nitrogens with one attached hydrogen (secondary N) is 2. The Bertz CT molecular complexity index is 857. The molecule has 1 heterocycles. The highest BCUT2D eigenvalue weighted by Gasteiger charge is 2.27. The average molecular weight is 453 g/mol. The van der Waals surface area contributed by atoms with Gasteiger partial charge in [-0.25, -0.2) is 14.2 Å². The molecule has 2 rings (SSSR count). The number of aromatic nitrogens is 1. The second-order valence-corrected chi connectivity index (χ2v) is 7.96. The van der Waals surface area contributed by atoms with Crippen molar-refractivity contribution in [2.24, 2.45) is 0 Å². The molecule has 0 aliphatic heterocycles. The first-order valence-corrected chi connectivity index (χ1v) is 9.29. The Morgan fingerprint density at radius 3 is 2.61 bits per heavy atom. The van der Waals surface area contributed by atoms with Crippen LogP contribution in [0.15, 0.2) is 41.1 Å². The van der Waals surface area contributed by atoms with Crippen molar-refractivity contribution in [3.05, 3.63) is 46.9 Å². The van der Waals surface area contributed by atoms with E-state index in [2.05, 4.69) is 31.7 Å². The minimum Gasteiger partial charge on any atom is -0.442 e. The smallest absolute Gasteiger partial charge is 0.429 e. The highest BCUT2D eigenvalue weighted by Crippen LogP contribution is 2.28. The maximum atomic E-state index is 13.8. The maximum Gasteiger partial charge on any atom is 0.429 e. The van der Waals surface area contributed by atoms with Crippen molar-refractivity contribution < 1.29 is 18.7 Å². The highest BCUT2D eigenvalue weighted by atomic mass is 79.9. The number of hydrogen-bond donors (Lipinski definition) is 2. The Labute approximate surface area is 171 Å². The summed E-state index contributed by atoms with van der Waals surface area (Å²) in [5, 5.41) is 4.09. The number of carbonyl (C=O) groups excluding carboxylic acids is 2. The zero-order valence-electron chi connectivity index (χ0n) is 16.0. The molecule has 9 heteroatoms. The summed E-state index contributed by atoms with van der Waals surface area (Å²) >= 11 is 3.32. The summed E-state index contributed by atoms with van der Waals surface area (Å²) in [6.07, 6.45) is 3.06. The van der Waals surface area contributed by atoms with E-state index in [-0.39, 0.29) is 0 Å². The van der Waals surface area contributed by atoms with Crippen molar-refractivity contribution >= 4 is 45.4 Å². The Morgan fingerprint density at radius 1 is 1.29 bits per heavy atom. The predicted molar refractivity (Wildman–Crippen MR) is 109 cm³/mol. The van der Waals surface area contributed by atoms with E-state index < -0.39 is 23.6 Å². The van der Waals surface area contributed by atoms with E-state index in [9.17, 15) is 14.0 Å². The van der Waals surface area contributed by atoms with Gasteiger partial charge < -0.3 is 14.8 Å². The quantitative estimate of drug-likeness (QED) is 0.479. The monoisotopic (exact) mass is 452 g/mol. The van der Waals surface area contributed by atoms with Crippen molar-refractivity contribution in [3.8, 4) is 0 Å². The third-order valence-corrected chi connectivity index (χ3v) is 3.83. The number of ether oxygens (including phenoxy) is 1. The van der Waals surface area contributed by atoms with Crippen LogP contribution in [0.5, 0.6) is 0 Å². The fourth-order valence-corrected chi connectivity index (χ4v) is 2.53. The topological polar surface area (TPSA) is 83.6 Å². The number of amides is 1. The van der Waals surface area contributed by atoms with Gasteiger partial charge in [0, 0.05) is 10.7 Å². The van der Waals surface area contributed by atoms with Crippen LogP contribution >= 0.6 is 15.9 Å². The van der Waals surface area contributed by atoms with Crippen molar-refractivity contribution in [2.75, 3.05) is 10.7 Å². The van der Waals surface area contributed by atoms with Gasteiger partial charge in [0.1, 0.15) is 23.7 Å². The molecule has 1 atom stereocenters. The molecule has 28 heavy (non-hydrogen) atoms. The summed E-state index contributed by atoms with van der Waals surface area (Å²) in [5.41, 5.74) is 3.44. The molecule has 1 aromatic carbocycles. The predicted octanol–water partition coefficient (Wildman–Crippen LogP) is 4.88. The second-order valence-electron chi connectivity index (χ2n) is 7.05. The summed E-state index contributed by atoms with van der Waals surface area (Å²) in [5.74, 6) is -0.469. The van der Waals surface area contributed by atoms with Crippen LogP contribution in [-0.2, 0) is 9.53 Å². The third-order valence-electron chi connectivity index (χ3n) is 3.40. The summed E-state index contributed by atoms with van der Waals surface area (Å²) in [6, 6.07) is 4.91. The van der Waals surface area contributed by atoms with Gasteiger partial charge in [0.2, 0.25) is 0 Å².